The summed E-state index contributed by atoms with van der Waals surface area (Å²) in [5.74, 6) is -2.73. The van der Waals surface area contributed by atoms with E-state index < -0.39 is 34.4 Å². The van der Waals surface area contributed by atoms with Gasteiger partial charge < -0.3 is 24.5 Å². The summed E-state index contributed by atoms with van der Waals surface area (Å²) in [6, 6.07) is 4.55. The highest BCUT2D eigenvalue weighted by Crippen LogP contribution is 2.41. The second kappa shape index (κ2) is 10.5. The van der Waals surface area contributed by atoms with Crippen LogP contribution in [0, 0.1) is 24.0 Å². The molecule has 37 heavy (non-hydrogen) atoms. The third-order valence-electron chi connectivity index (χ3n) is 6.78. The van der Waals surface area contributed by atoms with Gasteiger partial charge in [-0.1, -0.05) is 0 Å². The second-order valence-electron chi connectivity index (χ2n) is 8.91. The number of non-ortho nitro benzene ring substituents is 1. The SMILES string of the molecule is COC(=O)c1[nH]c(C)c(C(O)=C2C(=O)C(=O)N(CCN3CCOCC3)[C@H]2c2ccc([N+](=O)[O-])cc2)c1C. The van der Waals surface area contributed by atoms with E-state index in [9.17, 15) is 29.6 Å². The highest BCUT2D eigenvalue weighted by Gasteiger charge is 2.46. The molecule has 196 valence electrons. The maximum absolute atomic E-state index is 13.3. The van der Waals surface area contributed by atoms with E-state index >= 15 is 0 Å². The molecular weight excluding hydrogens is 484 g/mol. The van der Waals surface area contributed by atoms with Gasteiger partial charge in [0.05, 0.1) is 36.9 Å². The molecule has 0 aliphatic carbocycles. The summed E-state index contributed by atoms with van der Waals surface area (Å²) < 4.78 is 10.2. The monoisotopic (exact) mass is 512 g/mol. The van der Waals surface area contributed by atoms with Crippen LogP contribution in [0.15, 0.2) is 29.8 Å². The van der Waals surface area contributed by atoms with Gasteiger partial charge in [-0.2, -0.15) is 0 Å². The summed E-state index contributed by atoms with van der Waals surface area (Å²) in [6.07, 6.45) is 0. The third-order valence-corrected chi connectivity index (χ3v) is 6.78. The Morgan fingerprint density at radius 3 is 2.43 bits per heavy atom. The average Bonchev–Trinajstić information content (AvgIpc) is 3.34. The number of nitrogens with one attached hydrogen (secondary N) is 1. The number of H-pyrrole nitrogens is 1. The maximum Gasteiger partial charge on any atom is 0.354 e. The zero-order valence-electron chi connectivity index (χ0n) is 20.8. The number of aryl methyl sites for hydroxylation is 1. The number of carbonyl (C=O) groups excluding carboxylic acids is 3. The quantitative estimate of drug-likeness (QED) is 0.142. The molecule has 0 unspecified atom stereocenters. The van der Waals surface area contributed by atoms with Gasteiger partial charge in [-0.15, -0.1) is 0 Å². The number of aromatic nitrogens is 1. The average molecular weight is 513 g/mol. The zero-order chi connectivity index (χ0) is 26.9. The smallest absolute Gasteiger partial charge is 0.354 e. The molecule has 0 bridgehead atoms. The van der Waals surface area contributed by atoms with E-state index in [1.165, 1.54) is 36.3 Å². The van der Waals surface area contributed by atoms with E-state index in [-0.39, 0.29) is 29.1 Å². The van der Waals surface area contributed by atoms with Crippen molar-refractivity contribution < 1.29 is 33.9 Å². The maximum atomic E-state index is 13.3. The minimum absolute atomic E-state index is 0.120. The van der Waals surface area contributed by atoms with Crippen molar-refractivity contribution in [3.63, 3.8) is 0 Å². The predicted molar refractivity (Wildman–Crippen MR) is 131 cm³/mol. The van der Waals surface area contributed by atoms with Crippen molar-refractivity contribution in [2.75, 3.05) is 46.5 Å². The number of hydrogen-bond acceptors (Lipinski definition) is 9. The number of aliphatic hydroxyl groups excluding tert-OH is 1. The first kappa shape index (κ1) is 26.0. The lowest BCUT2D eigenvalue weighted by Crippen LogP contribution is -2.42. The fourth-order valence-corrected chi connectivity index (χ4v) is 4.86. The number of nitro benzene ring substituents is 1. The number of esters is 1. The van der Waals surface area contributed by atoms with E-state index in [0.717, 1.165) is 0 Å². The van der Waals surface area contributed by atoms with Crippen LogP contribution in [-0.4, -0.2) is 89.0 Å². The van der Waals surface area contributed by atoms with Crippen LogP contribution in [0.25, 0.3) is 5.76 Å². The predicted octanol–water partition coefficient (Wildman–Crippen LogP) is 2.08. The Hall–Kier alpha value is -4.03. The Balaban J connectivity index is 1.81. The van der Waals surface area contributed by atoms with Gasteiger partial charge >= 0.3 is 5.97 Å². The molecule has 2 aliphatic heterocycles. The molecule has 0 radical (unpaired) electrons. The standard InChI is InChI=1S/C25H28N4O8/c1-14-18(15(2)26-20(14)25(33)36-3)22(30)19-21(16-4-6-17(7-5-16)29(34)35)28(24(32)23(19)31)9-8-27-10-12-37-13-11-27/h4-7,21,26,30H,8-13H2,1-3H3/t21-/m0/s1. The number of morpholine rings is 1. The molecular formula is C25H28N4O8. The van der Waals surface area contributed by atoms with E-state index in [4.69, 9.17) is 9.47 Å². The van der Waals surface area contributed by atoms with Crippen molar-refractivity contribution in [1.29, 1.82) is 0 Å². The first-order valence-electron chi connectivity index (χ1n) is 11.8. The first-order valence-corrected chi connectivity index (χ1v) is 11.8. The van der Waals surface area contributed by atoms with E-state index in [2.05, 4.69) is 9.88 Å². The summed E-state index contributed by atoms with van der Waals surface area (Å²) in [5.41, 5.74) is 1.26. The Morgan fingerprint density at radius 1 is 1.19 bits per heavy atom. The lowest BCUT2D eigenvalue weighted by molar-refractivity contribution is -0.384. The van der Waals surface area contributed by atoms with Crippen LogP contribution in [0.4, 0.5) is 5.69 Å². The Morgan fingerprint density at radius 2 is 1.84 bits per heavy atom. The second-order valence-corrected chi connectivity index (χ2v) is 8.91. The van der Waals surface area contributed by atoms with Crippen LogP contribution < -0.4 is 0 Å². The number of hydrogen-bond donors (Lipinski definition) is 2. The van der Waals surface area contributed by atoms with Crippen molar-refractivity contribution in [3.8, 4) is 0 Å². The Kier molecular flexibility index (Phi) is 7.41. The normalized spacial score (nSPS) is 19.9. The summed E-state index contributed by atoms with van der Waals surface area (Å²) in [6.45, 7) is 6.41. The number of nitro groups is 1. The number of benzene rings is 1. The van der Waals surface area contributed by atoms with Gasteiger partial charge in [-0.25, -0.2) is 4.79 Å². The molecule has 2 fully saturated rings. The molecule has 1 aromatic heterocycles. The molecule has 2 aromatic rings. The fraction of sp³-hybridized carbons (Fsp3) is 0.400. The van der Waals surface area contributed by atoms with E-state index in [1.807, 2.05) is 0 Å². The summed E-state index contributed by atoms with van der Waals surface area (Å²) >= 11 is 0. The lowest BCUT2D eigenvalue weighted by Gasteiger charge is -2.31. The van der Waals surface area contributed by atoms with Gasteiger partial charge in [0.2, 0.25) is 0 Å². The van der Waals surface area contributed by atoms with Crippen LogP contribution in [0.2, 0.25) is 0 Å². The van der Waals surface area contributed by atoms with E-state index in [1.54, 1.807) is 13.8 Å². The number of aliphatic hydroxyl groups is 1. The van der Waals surface area contributed by atoms with E-state index in [0.29, 0.717) is 49.7 Å². The van der Waals surface area contributed by atoms with Gasteiger partial charge in [0.1, 0.15) is 11.5 Å². The number of amides is 1. The summed E-state index contributed by atoms with van der Waals surface area (Å²) in [4.78, 5) is 55.7. The molecule has 12 nitrogen and oxygen atoms in total. The van der Waals surface area contributed by atoms with Gasteiger partial charge in [-0.05, 0) is 37.1 Å². The minimum Gasteiger partial charge on any atom is -0.507 e. The largest absolute Gasteiger partial charge is 0.507 e. The molecule has 12 heteroatoms. The topological polar surface area (TPSA) is 155 Å². The van der Waals surface area contributed by atoms with Crippen molar-refractivity contribution in [2.24, 2.45) is 0 Å². The third kappa shape index (κ3) is 4.85. The van der Waals surface area contributed by atoms with Gasteiger partial charge in [-0.3, -0.25) is 24.6 Å². The van der Waals surface area contributed by atoms with Crippen molar-refractivity contribution in [1.82, 2.24) is 14.8 Å². The number of aromatic amines is 1. The molecule has 0 saturated carbocycles. The number of Topliss-reactive ketones (excluding diaryl/α,β-unsaturated/α-hetero) is 1. The number of nitrogens with zero attached hydrogens (tertiary/aromatic N) is 3. The number of ether oxygens (including phenoxy) is 2. The van der Waals surface area contributed by atoms with Crippen molar-refractivity contribution in [2.45, 2.75) is 19.9 Å². The van der Waals surface area contributed by atoms with Crippen LogP contribution in [0.3, 0.4) is 0 Å². The number of ketones is 1. The molecule has 1 atom stereocenters. The number of likely N-dealkylation sites (tertiary alicyclic amines) is 1. The molecule has 4 rings (SSSR count). The van der Waals surface area contributed by atoms with Gasteiger partial charge in [0.25, 0.3) is 17.4 Å². The summed E-state index contributed by atoms with van der Waals surface area (Å²) in [5, 5.41) is 22.6. The fourth-order valence-electron chi connectivity index (χ4n) is 4.86. The van der Waals surface area contributed by atoms with Crippen molar-refractivity contribution in [3.05, 3.63) is 68.0 Å². The zero-order valence-corrected chi connectivity index (χ0v) is 20.8. The highest BCUT2D eigenvalue weighted by molar-refractivity contribution is 6.46. The number of methoxy groups -OCH3 is 1. The summed E-state index contributed by atoms with van der Waals surface area (Å²) in [7, 11) is 1.23. The highest BCUT2D eigenvalue weighted by atomic mass is 16.6. The molecule has 0 spiro atoms. The lowest BCUT2D eigenvalue weighted by atomic mass is 9.94. The molecule has 2 aliphatic rings. The Bertz CT molecular complexity index is 1270. The molecule has 2 saturated heterocycles. The van der Waals surface area contributed by atoms with Gasteiger partial charge in [0, 0.05) is 49.6 Å². The first-order chi connectivity index (χ1) is 17.6. The minimum atomic E-state index is -0.975. The molecule has 2 N–H and O–H groups in total. The van der Waals surface area contributed by atoms with Crippen LogP contribution >= 0.6 is 0 Å². The Labute approximate surface area is 212 Å². The van der Waals surface area contributed by atoms with Crippen LogP contribution in [0.1, 0.15) is 38.9 Å². The van der Waals surface area contributed by atoms with Gasteiger partial charge in [0.15, 0.2) is 0 Å². The number of carbonyl (C=O) groups is 3. The number of rotatable bonds is 7. The van der Waals surface area contributed by atoms with Crippen molar-refractivity contribution >= 4 is 29.1 Å². The molecule has 1 amide bonds. The van der Waals surface area contributed by atoms with Crippen LogP contribution in [-0.2, 0) is 19.1 Å². The van der Waals surface area contributed by atoms with Crippen LogP contribution in [0.5, 0.6) is 0 Å². The molecule has 1 aromatic carbocycles. The molecule has 3 heterocycles.